The lowest BCUT2D eigenvalue weighted by Crippen LogP contribution is -2.53. The minimum Gasteiger partial charge on any atom is -0.459 e. The summed E-state index contributed by atoms with van der Waals surface area (Å²) in [4.78, 5) is 21.7. The van der Waals surface area contributed by atoms with Crippen molar-refractivity contribution in [2.75, 3.05) is 0 Å². The van der Waals surface area contributed by atoms with Crippen molar-refractivity contribution in [2.24, 2.45) is 5.92 Å². The lowest BCUT2D eigenvalue weighted by molar-refractivity contribution is -0.258. The number of esters is 2. The lowest BCUT2D eigenvalue weighted by Gasteiger charge is -2.39. The number of carbonyl (C=O) groups excluding carboxylic acids is 2. The predicted molar refractivity (Wildman–Crippen MR) is 60.4 cm³/mol. The van der Waals surface area contributed by atoms with Crippen molar-refractivity contribution in [2.45, 2.75) is 52.4 Å². The molecular formula is C11H18F4O5. The van der Waals surface area contributed by atoms with E-state index in [1.54, 1.807) is 13.8 Å². The molecule has 1 heterocycles. The molecule has 5 atom stereocenters. The zero-order valence-electron chi connectivity index (χ0n) is 11.5. The quantitative estimate of drug-likeness (QED) is 0.578. The summed E-state index contributed by atoms with van der Waals surface area (Å²) in [6.45, 7) is 5.80. The molecule has 0 bridgehead atoms. The molecule has 1 rings (SSSR count). The van der Waals surface area contributed by atoms with E-state index < -0.39 is 30.5 Å². The maximum Gasteiger partial charge on any atom is 0.305 e. The van der Waals surface area contributed by atoms with Gasteiger partial charge in [-0.2, -0.15) is 0 Å². The molecule has 0 saturated carbocycles. The highest BCUT2D eigenvalue weighted by atomic mass is 20.0. The van der Waals surface area contributed by atoms with Crippen LogP contribution in [0.25, 0.3) is 0 Å². The monoisotopic (exact) mass is 306 g/mol. The topological polar surface area (TPSA) is 61.8 Å². The first-order valence-electron chi connectivity index (χ1n) is 5.61. The van der Waals surface area contributed by atoms with E-state index in [4.69, 9.17) is 23.4 Å². The van der Waals surface area contributed by atoms with E-state index in [1.807, 2.05) is 0 Å². The highest BCUT2D eigenvalue weighted by molar-refractivity contribution is 5.66. The minimum absolute atomic E-state index is 0. The van der Waals surface area contributed by atoms with Crippen LogP contribution in [0.15, 0.2) is 0 Å². The Morgan fingerprint density at radius 2 is 1.50 bits per heavy atom. The Morgan fingerprint density at radius 1 is 1.05 bits per heavy atom. The van der Waals surface area contributed by atoms with Gasteiger partial charge in [-0.15, -0.1) is 0 Å². The van der Waals surface area contributed by atoms with Crippen molar-refractivity contribution < 1.29 is 42.0 Å². The van der Waals surface area contributed by atoms with Gasteiger partial charge in [-0.1, -0.05) is 6.92 Å². The van der Waals surface area contributed by atoms with E-state index in [-0.39, 0.29) is 16.7 Å². The Hall–Kier alpha value is -1.38. The van der Waals surface area contributed by atoms with E-state index >= 15 is 0 Å². The van der Waals surface area contributed by atoms with Crippen LogP contribution in [0.5, 0.6) is 0 Å². The highest BCUT2D eigenvalue weighted by Gasteiger charge is 2.46. The first kappa shape index (κ1) is 20.9. The molecule has 1 saturated heterocycles. The highest BCUT2D eigenvalue weighted by Crippen LogP contribution is 2.30. The van der Waals surface area contributed by atoms with Gasteiger partial charge in [0, 0.05) is 28.9 Å². The third-order valence-electron chi connectivity index (χ3n) is 2.77. The van der Waals surface area contributed by atoms with Gasteiger partial charge in [-0.25, -0.2) is 4.39 Å². The molecular weight excluding hydrogens is 288 g/mol. The molecule has 0 radical (unpaired) electrons. The fourth-order valence-electron chi connectivity index (χ4n) is 1.74. The Balaban J connectivity index is 0. The van der Waals surface area contributed by atoms with E-state index in [2.05, 4.69) is 0 Å². The van der Waals surface area contributed by atoms with E-state index in [1.165, 1.54) is 13.8 Å². The van der Waals surface area contributed by atoms with E-state index in [0.29, 0.717) is 0 Å². The molecule has 0 spiro atoms. The maximum atomic E-state index is 14.0. The standard InChI is InChI=1S/C11H17FO5.F2.FH/c1-5-6(2)15-11(17-8(4)14)9(12)10(5)16-7(3)13;1-2;/h5-6,9-11H,1-4H3;;1H/t5-,6?,9?,10+,11-;;/m1../s1. The lowest BCUT2D eigenvalue weighted by atomic mass is 9.92. The molecule has 0 aromatic heterocycles. The number of rotatable bonds is 2. The molecule has 2 unspecified atom stereocenters. The smallest absolute Gasteiger partial charge is 0.305 e. The summed E-state index contributed by atoms with van der Waals surface area (Å²) in [5.74, 6) is -1.51. The van der Waals surface area contributed by atoms with Crippen LogP contribution >= 0.6 is 0 Å². The van der Waals surface area contributed by atoms with Crippen LogP contribution < -0.4 is 0 Å². The van der Waals surface area contributed by atoms with Crippen molar-refractivity contribution >= 4 is 11.9 Å². The zero-order chi connectivity index (χ0) is 15.2. The molecule has 1 fully saturated rings. The van der Waals surface area contributed by atoms with Gasteiger partial charge in [-0.3, -0.25) is 14.3 Å². The van der Waals surface area contributed by atoms with Crippen LogP contribution in [-0.4, -0.2) is 36.6 Å². The fraction of sp³-hybridized carbons (Fsp3) is 0.818. The molecule has 5 nitrogen and oxygen atoms in total. The van der Waals surface area contributed by atoms with Gasteiger partial charge in [0.25, 0.3) is 0 Å². The van der Waals surface area contributed by atoms with Crippen molar-refractivity contribution in [1.29, 1.82) is 0 Å². The van der Waals surface area contributed by atoms with Gasteiger partial charge in [0.2, 0.25) is 6.29 Å². The summed E-state index contributed by atoms with van der Waals surface area (Å²) in [7, 11) is 0. The third kappa shape index (κ3) is 5.72. The van der Waals surface area contributed by atoms with E-state index in [0.717, 1.165) is 0 Å². The normalized spacial score (nSPS) is 32.0. The van der Waals surface area contributed by atoms with Crippen LogP contribution in [0.4, 0.5) is 18.2 Å². The number of halogens is 4. The molecule has 0 aromatic carbocycles. The molecule has 20 heavy (non-hydrogen) atoms. The van der Waals surface area contributed by atoms with Crippen LogP contribution in [0.3, 0.4) is 0 Å². The van der Waals surface area contributed by atoms with Gasteiger partial charge < -0.3 is 14.2 Å². The van der Waals surface area contributed by atoms with Gasteiger partial charge in [0.15, 0.2) is 6.17 Å². The van der Waals surface area contributed by atoms with Crippen molar-refractivity contribution in [3.05, 3.63) is 0 Å². The molecule has 0 aromatic rings. The van der Waals surface area contributed by atoms with Gasteiger partial charge in [0.05, 0.1) is 6.10 Å². The summed E-state index contributed by atoms with van der Waals surface area (Å²) in [6, 6.07) is 0. The molecule has 0 aliphatic carbocycles. The number of alkyl halides is 1. The summed E-state index contributed by atoms with van der Waals surface area (Å²) in [6.07, 6.45) is -4.31. The average Bonchev–Trinajstić information content (AvgIpc) is 2.33. The number of hydrogen-bond donors (Lipinski definition) is 0. The zero-order valence-corrected chi connectivity index (χ0v) is 11.5. The maximum absolute atomic E-state index is 14.0. The van der Waals surface area contributed by atoms with Crippen LogP contribution in [0, 0.1) is 5.92 Å². The number of hydrogen-bond acceptors (Lipinski definition) is 5. The van der Waals surface area contributed by atoms with Crippen molar-refractivity contribution in [3.8, 4) is 0 Å². The molecule has 9 heteroatoms. The Labute approximate surface area is 113 Å². The van der Waals surface area contributed by atoms with Crippen LogP contribution in [0.1, 0.15) is 27.7 Å². The second kappa shape index (κ2) is 9.51. The Morgan fingerprint density at radius 3 is 1.90 bits per heavy atom. The molecule has 0 N–H and O–H groups in total. The molecule has 0 amide bonds. The minimum atomic E-state index is -1.67. The third-order valence-corrected chi connectivity index (χ3v) is 2.77. The van der Waals surface area contributed by atoms with Crippen molar-refractivity contribution in [3.63, 3.8) is 0 Å². The second-order valence-corrected chi connectivity index (χ2v) is 4.20. The average molecular weight is 306 g/mol. The predicted octanol–water partition coefficient (Wildman–Crippen LogP) is 2.19. The molecule has 1 aliphatic rings. The Bertz CT molecular complexity index is 315. The van der Waals surface area contributed by atoms with Gasteiger partial charge in [-0.05, 0) is 6.92 Å². The second-order valence-electron chi connectivity index (χ2n) is 4.20. The van der Waals surface area contributed by atoms with Crippen LogP contribution in [0.2, 0.25) is 0 Å². The fourth-order valence-corrected chi connectivity index (χ4v) is 1.74. The largest absolute Gasteiger partial charge is 0.459 e. The summed E-state index contributed by atoms with van der Waals surface area (Å²) >= 11 is 0. The first-order chi connectivity index (χ1) is 8.82. The molecule has 120 valence electrons. The molecule has 1 aliphatic heterocycles. The SMILES string of the molecule is CC(=O)O[C@H]1OC(C)[C@@H](C)[C@H](OC(C)=O)C1F.F.FF. The van der Waals surface area contributed by atoms with Crippen molar-refractivity contribution in [1.82, 2.24) is 0 Å². The summed E-state index contributed by atoms with van der Waals surface area (Å²) in [5.41, 5.74) is 0. The Kier molecular flexibility index (Phi) is 9.95. The number of carbonyl (C=O) groups is 2. The van der Waals surface area contributed by atoms with Crippen LogP contribution in [-0.2, 0) is 23.8 Å². The summed E-state index contributed by atoms with van der Waals surface area (Å²) < 4.78 is 44.8. The summed E-state index contributed by atoms with van der Waals surface area (Å²) in [5, 5.41) is 0. The number of ether oxygens (including phenoxy) is 3. The van der Waals surface area contributed by atoms with Gasteiger partial charge >= 0.3 is 11.9 Å². The first-order valence-corrected chi connectivity index (χ1v) is 5.61. The van der Waals surface area contributed by atoms with E-state index in [9.17, 15) is 14.0 Å². The van der Waals surface area contributed by atoms with Gasteiger partial charge in [0.1, 0.15) is 6.10 Å².